The van der Waals surface area contributed by atoms with Crippen LogP contribution in [0.2, 0.25) is 0 Å². The summed E-state index contributed by atoms with van der Waals surface area (Å²) in [4.78, 5) is 35.3. The normalized spacial score (nSPS) is 14.0. The number of benzene rings is 1. The van der Waals surface area contributed by atoms with Crippen LogP contribution in [-0.4, -0.2) is 41.3 Å². The number of halogens is 1. The zero-order valence-corrected chi connectivity index (χ0v) is 11.2. The predicted molar refractivity (Wildman–Crippen MR) is 71.2 cm³/mol. The van der Waals surface area contributed by atoms with Crippen LogP contribution in [0.25, 0.3) is 0 Å². The fourth-order valence-electron chi connectivity index (χ4n) is 2.18. The van der Waals surface area contributed by atoms with Crippen molar-refractivity contribution < 1.29 is 18.9 Å². The SMILES string of the molecule is O=C(NCC(=O)N1CCCC1)c1cc(F)ccc1[N+](=O)[O-]. The van der Waals surface area contributed by atoms with Gasteiger partial charge in [0, 0.05) is 19.2 Å². The van der Waals surface area contributed by atoms with Crippen LogP contribution in [0.15, 0.2) is 18.2 Å². The highest BCUT2D eigenvalue weighted by Crippen LogP contribution is 2.19. The molecule has 1 fully saturated rings. The average Bonchev–Trinajstić information content (AvgIpc) is 2.98. The number of nitro groups is 1. The van der Waals surface area contributed by atoms with E-state index in [4.69, 9.17) is 0 Å². The summed E-state index contributed by atoms with van der Waals surface area (Å²) in [6.07, 6.45) is 1.85. The number of carbonyl (C=O) groups excluding carboxylic acids is 2. The van der Waals surface area contributed by atoms with Gasteiger partial charge in [0.05, 0.1) is 11.5 Å². The lowest BCUT2D eigenvalue weighted by Crippen LogP contribution is -2.38. The second kappa shape index (κ2) is 6.29. The quantitative estimate of drug-likeness (QED) is 0.664. The summed E-state index contributed by atoms with van der Waals surface area (Å²) in [7, 11) is 0. The lowest BCUT2D eigenvalue weighted by molar-refractivity contribution is -0.385. The van der Waals surface area contributed by atoms with E-state index in [1.807, 2.05) is 0 Å². The Labute approximate surface area is 119 Å². The minimum atomic E-state index is -0.839. The summed E-state index contributed by atoms with van der Waals surface area (Å²) < 4.78 is 13.1. The number of nitrogens with zero attached hydrogens (tertiary/aromatic N) is 2. The van der Waals surface area contributed by atoms with Gasteiger partial charge < -0.3 is 10.2 Å². The molecule has 0 saturated carbocycles. The Morgan fingerprint density at radius 3 is 2.62 bits per heavy atom. The Bertz CT molecular complexity index is 585. The Hall–Kier alpha value is -2.51. The Balaban J connectivity index is 2.04. The maximum atomic E-state index is 13.1. The molecule has 0 aliphatic carbocycles. The van der Waals surface area contributed by atoms with Crippen LogP contribution < -0.4 is 5.32 Å². The van der Waals surface area contributed by atoms with Gasteiger partial charge in [0.1, 0.15) is 11.4 Å². The monoisotopic (exact) mass is 295 g/mol. The van der Waals surface area contributed by atoms with Crippen LogP contribution in [-0.2, 0) is 4.79 Å². The molecule has 1 saturated heterocycles. The third-order valence-electron chi connectivity index (χ3n) is 3.26. The van der Waals surface area contributed by atoms with Crippen molar-refractivity contribution in [1.82, 2.24) is 10.2 Å². The van der Waals surface area contributed by atoms with E-state index in [2.05, 4.69) is 5.32 Å². The third kappa shape index (κ3) is 3.53. The summed E-state index contributed by atoms with van der Waals surface area (Å²) in [5.74, 6) is -1.84. The first kappa shape index (κ1) is 14.9. The lowest BCUT2D eigenvalue weighted by atomic mass is 10.1. The Morgan fingerprint density at radius 1 is 1.33 bits per heavy atom. The highest BCUT2D eigenvalue weighted by atomic mass is 19.1. The second-order valence-corrected chi connectivity index (χ2v) is 4.69. The minimum absolute atomic E-state index is 0.250. The summed E-state index contributed by atoms with van der Waals surface area (Å²) in [6, 6.07) is 2.62. The molecule has 0 atom stereocenters. The number of rotatable bonds is 4. The molecule has 1 aromatic carbocycles. The van der Waals surface area contributed by atoms with Gasteiger partial charge in [-0.05, 0) is 25.0 Å². The predicted octanol–water partition coefficient (Wildman–Crippen LogP) is 1.09. The van der Waals surface area contributed by atoms with Crippen LogP contribution in [0.3, 0.4) is 0 Å². The second-order valence-electron chi connectivity index (χ2n) is 4.69. The molecule has 8 heteroatoms. The Kier molecular flexibility index (Phi) is 4.46. The van der Waals surface area contributed by atoms with Crippen LogP contribution in [0.4, 0.5) is 10.1 Å². The number of amides is 2. The van der Waals surface area contributed by atoms with Crippen molar-refractivity contribution in [2.24, 2.45) is 0 Å². The average molecular weight is 295 g/mol. The molecule has 0 bridgehead atoms. The molecule has 21 heavy (non-hydrogen) atoms. The van der Waals surface area contributed by atoms with Crippen molar-refractivity contribution in [2.75, 3.05) is 19.6 Å². The first-order valence-corrected chi connectivity index (χ1v) is 6.49. The van der Waals surface area contributed by atoms with E-state index >= 15 is 0 Å². The van der Waals surface area contributed by atoms with Crippen molar-refractivity contribution in [2.45, 2.75) is 12.8 Å². The highest BCUT2D eigenvalue weighted by molar-refractivity contribution is 5.99. The molecule has 7 nitrogen and oxygen atoms in total. The maximum absolute atomic E-state index is 13.1. The molecule has 0 radical (unpaired) electrons. The molecular weight excluding hydrogens is 281 g/mol. The molecule has 0 unspecified atom stereocenters. The van der Waals surface area contributed by atoms with E-state index in [1.165, 1.54) is 0 Å². The van der Waals surface area contributed by atoms with Crippen LogP contribution in [0.1, 0.15) is 23.2 Å². The Morgan fingerprint density at radius 2 is 2.00 bits per heavy atom. The van der Waals surface area contributed by atoms with Crippen molar-refractivity contribution in [3.05, 3.63) is 39.7 Å². The van der Waals surface area contributed by atoms with Gasteiger partial charge >= 0.3 is 0 Å². The summed E-state index contributed by atoms with van der Waals surface area (Å²) >= 11 is 0. The molecule has 1 aliphatic heterocycles. The molecule has 2 rings (SSSR count). The van der Waals surface area contributed by atoms with E-state index in [0.29, 0.717) is 13.1 Å². The molecule has 1 heterocycles. The third-order valence-corrected chi connectivity index (χ3v) is 3.26. The van der Waals surface area contributed by atoms with E-state index in [-0.39, 0.29) is 12.5 Å². The minimum Gasteiger partial charge on any atom is -0.343 e. The molecule has 1 aliphatic rings. The number of likely N-dealkylation sites (tertiary alicyclic amines) is 1. The number of nitro benzene ring substituents is 1. The van der Waals surface area contributed by atoms with Crippen LogP contribution >= 0.6 is 0 Å². The number of nitrogens with one attached hydrogen (secondary N) is 1. The number of hydrogen-bond donors (Lipinski definition) is 1. The fraction of sp³-hybridized carbons (Fsp3) is 0.385. The van der Waals surface area contributed by atoms with Gasteiger partial charge in [0.25, 0.3) is 11.6 Å². The molecule has 1 aromatic rings. The fourth-order valence-corrected chi connectivity index (χ4v) is 2.18. The van der Waals surface area contributed by atoms with Gasteiger partial charge in [0.15, 0.2) is 0 Å². The molecule has 0 aromatic heterocycles. The van der Waals surface area contributed by atoms with Gasteiger partial charge in [-0.1, -0.05) is 0 Å². The van der Waals surface area contributed by atoms with Gasteiger partial charge in [-0.3, -0.25) is 19.7 Å². The summed E-state index contributed by atoms with van der Waals surface area (Å²) in [5, 5.41) is 13.1. The van der Waals surface area contributed by atoms with E-state index in [0.717, 1.165) is 31.0 Å². The smallest absolute Gasteiger partial charge is 0.282 e. The van der Waals surface area contributed by atoms with Gasteiger partial charge in [-0.25, -0.2) is 4.39 Å². The summed E-state index contributed by atoms with van der Waals surface area (Å²) in [6.45, 7) is 1.04. The first-order valence-electron chi connectivity index (χ1n) is 6.49. The molecular formula is C13H14FN3O4. The van der Waals surface area contributed by atoms with Crippen LogP contribution in [0.5, 0.6) is 0 Å². The van der Waals surface area contributed by atoms with Crippen molar-refractivity contribution >= 4 is 17.5 Å². The van der Waals surface area contributed by atoms with Crippen LogP contribution in [0, 0.1) is 15.9 Å². The zero-order chi connectivity index (χ0) is 15.4. The van der Waals surface area contributed by atoms with Crippen molar-refractivity contribution in [1.29, 1.82) is 0 Å². The maximum Gasteiger partial charge on any atom is 0.282 e. The van der Waals surface area contributed by atoms with Gasteiger partial charge in [-0.2, -0.15) is 0 Å². The zero-order valence-electron chi connectivity index (χ0n) is 11.2. The van der Waals surface area contributed by atoms with Gasteiger partial charge in [-0.15, -0.1) is 0 Å². The number of carbonyl (C=O) groups is 2. The molecule has 2 amide bonds. The van der Waals surface area contributed by atoms with Crippen molar-refractivity contribution in [3.63, 3.8) is 0 Å². The van der Waals surface area contributed by atoms with E-state index in [1.54, 1.807) is 4.90 Å². The molecule has 0 spiro atoms. The largest absolute Gasteiger partial charge is 0.343 e. The van der Waals surface area contributed by atoms with E-state index in [9.17, 15) is 24.1 Å². The lowest BCUT2D eigenvalue weighted by Gasteiger charge is -2.15. The first-order chi connectivity index (χ1) is 9.99. The van der Waals surface area contributed by atoms with Crippen molar-refractivity contribution in [3.8, 4) is 0 Å². The van der Waals surface area contributed by atoms with E-state index < -0.39 is 27.9 Å². The summed E-state index contributed by atoms with van der Waals surface area (Å²) in [5.41, 5.74) is -0.892. The highest BCUT2D eigenvalue weighted by Gasteiger charge is 2.23. The topological polar surface area (TPSA) is 92.6 Å². The number of hydrogen-bond acceptors (Lipinski definition) is 4. The standard InChI is InChI=1S/C13H14FN3O4/c14-9-3-4-11(17(20)21)10(7-9)13(19)15-8-12(18)16-5-1-2-6-16/h3-4,7H,1-2,5-6,8H2,(H,15,19). The molecule has 1 N–H and O–H groups in total. The van der Waals surface area contributed by atoms with Gasteiger partial charge in [0.2, 0.25) is 5.91 Å². The molecule has 112 valence electrons.